The number of benzene rings is 1. The predicted octanol–water partition coefficient (Wildman–Crippen LogP) is 4.14. The Morgan fingerprint density at radius 1 is 1.32 bits per heavy atom. The zero-order valence-electron chi connectivity index (χ0n) is 9.57. The zero-order chi connectivity index (χ0) is 13.6. The molecule has 96 valence electrons. The lowest BCUT2D eigenvalue weighted by Gasteiger charge is -2.01. The summed E-state index contributed by atoms with van der Waals surface area (Å²) >= 11 is 9.14. The predicted molar refractivity (Wildman–Crippen MR) is 77.7 cm³/mol. The number of aromatic nitrogens is 2. The standard InChI is InChI=1S/C13H8BrClFN3/c14-9-2-1-5-19-12(17)11(18-13(9)19)8-4-3-7(15)6-10(8)16/h1-6H,17H2. The van der Waals surface area contributed by atoms with Gasteiger partial charge in [-0.1, -0.05) is 11.6 Å². The molecule has 0 radical (unpaired) electrons. The van der Waals surface area contributed by atoms with Crippen molar-refractivity contribution in [3.05, 3.63) is 51.8 Å². The second kappa shape index (κ2) is 4.51. The largest absolute Gasteiger partial charge is 0.383 e. The van der Waals surface area contributed by atoms with Gasteiger partial charge in [0.05, 0.1) is 4.47 Å². The fourth-order valence-corrected chi connectivity index (χ4v) is 2.52. The lowest BCUT2D eigenvalue weighted by Crippen LogP contribution is -1.95. The number of anilines is 1. The fourth-order valence-electron chi connectivity index (χ4n) is 1.93. The highest BCUT2D eigenvalue weighted by molar-refractivity contribution is 9.10. The van der Waals surface area contributed by atoms with E-state index in [1.807, 2.05) is 12.1 Å². The second-order valence-electron chi connectivity index (χ2n) is 4.02. The molecule has 3 aromatic rings. The molecule has 0 saturated heterocycles. The number of hydrogen-bond donors (Lipinski definition) is 1. The maximum atomic E-state index is 13.9. The molecule has 0 unspecified atom stereocenters. The molecule has 3 rings (SSSR count). The van der Waals surface area contributed by atoms with Crippen molar-refractivity contribution >= 4 is 39.0 Å². The molecule has 2 N–H and O–H groups in total. The molecule has 0 bridgehead atoms. The van der Waals surface area contributed by atoms with Gasteiger partial charge in [0.2, 0.25) is 0 Å². The van der Waals surface area contributed by atoms with Gasteiger partial charge >= 0.3 is 0 Å². The normalized spacial score (nSPS) is 11.1. The quantitative estimate of drug-likeness (QED) is 0.723. The summed E-state index contributed by atoms with van der Waals surface area (Å²) in [5.41, 5.74) is 7.40. The fraction of sp³-hybridized carbons (Fsp3) is 0. The van der Waals surface area contributed by atoms with E-state index in [9.17, 15) is 4.39 Å². The highest BCUT2D eigenvalue weighted by Crippen LogP contribution is 2.31. The SMILES string of the molecule is Nc1c(-c2ccc(Cl)cc2F)nc2c(Br)cccn12. The Labute approximate surface area is 122 Å². The van der Waals surface area contributed by atoms with E-state index >= 15 is 0 Å². The van der Waals surface area contributed by atoms with E-state index in [-0.39, 0.29) is 0 Å². The van der Waals surface area contributed by atoms with Gasteiger partial charge in [-0.15, -0.1) is 0 Å². The van der Waals surface area contributed by atoms with Crippen LogP contribution >= 0.6 is 27.5 Å². The summed E-state index contributed by atoms with van der Waals surface area (Å²) in [7, 11) is 0. The first-order valence-electron chi connectivity index (χ1n) is 5.45. The summed E-state index contributed by atoms with van der Waals surface area (Å²) in [5, 5.41) is 0.338. The lowest BCUT2D eigenvalue weighted by molar-refractivity contribution is 0.631. The highest BCUT2D eigenvalue weighted by atomic mass is 79.9. The molecule has 0 atom stereocenters. The first-order valence-corrected chi connectivity index (χ1v) is 6.62. The van der Waals surface area contributed by atoms with Crippen molar-refractivity contribution in [3.8, 4) is 11.3 Å². The van der Waals surface area contributed by atoms with Crippen molar-refractivity contribution in [3.63, 3.8) is 0 Å². The Balaban J connectivity index is 2.31. The van der Waals surface area contributed by atoms with Gasteiger partial charge in [0.15, 0.2) is 5.65 Å². The van der Waals surface area contributed by atoms with Gasteiger partial charge in [0, 0.05) is 16.8 Å². The Morgan fingerprint density at radius 3 is 2.79 bits per heavy atom. The maximum Gasteiger partial charge on any atom is 0.153 e. The average Bonchev–Trinajstić information content (AvgIpc) is 2.69. The Morgan fingerprint density at radius 2 is 2.11 bits per heavy atom. The maximum absolute atomic E-state index is 13.9. The van der Waals surface area contributed by atoms with E-state index in [2.05, 4.69) is 20.9 Å². The Kier molecular flexibility index (Phi) is 2.95. The lowest BCUT2D eigenvalue weighted by atomic mass is 10.1. The van der Waals surface area contributed by atoms with Crippen molar-refractivity contribution in [1.82, 2.24) is 9.38 Å². The molecule has 2 aromatic heterocycles. The third kappa shape index (κ3) is 1.99. The molecule has 3 nitrogen and oxygen atoms in total. The summed E-state index contributed by atoms with van der Waals surface area (Å²) in [6.07, 6.45) is 1.78. The van der Waals surface area contributed by atoms with E-state index in [1.54, 1.807) is 22.7 Å². The van der Waals surface area contributed by atoms with Crippen LogP contribution in [0.3, 0.4) is 0 Å². The van der Waals surface area contributed by atoms with E-state index in [4.69, 9.17) is 17.3 Å². The van der Waals surface area contributed by atoms with E-state index in [0.29, 0.717) is 27.7 Å². The van der Waals surface area contributed by atoms with Crippen LogP contribution in [-0.2, 0) is 0 Å². The van der Waals surface area contributed by atoms with Crippen LogP contribution in [0.5, 0.6) is 0 Å². The minimum Gasteiger partial charge on any atom is -0.383 e. The number of hydrogen-bond acceptors (Lipinski definition) is 2. The molecule has 0 saturated carbocycles. The number of nitrogen functional groups attached to an aromatic ring is 1. The third-order valence-electron chi connectivity index (χ3n) is 2.83. The van der Waals surface area contributed by atoms with Crippen LogP contribution in [0.15, 0.2) is 41.0 Å². The number of imidazole rings is 1. The van der Waals surface area contributed by atoms with Gasteiger partial charge in [0.25, 0.3) is 0 Å². The van der Waals surface area contributed by atoms with Crippen molar-refractivity contribution in [1.29, 1.82) is 0 Å². The van der Waals surface area contributed by atoms with Crippen LogP contribution in [0.2, 0.25) is 5.02 Å². The summed E-state index contributed by atoms with van der Waals surface area (Å²) in [5.74, 6) is -0.0590. The van der Waals surface area contributed by atoms with E-state index in [1.165, 1.54) is 6.07 Å². The van der Waals surface area contributed by atoms with Crippen molar-refractivity contribution in [2.45, 2.75) is 0 Å². The minimum atomic E-state index is -0.446. The van der Waals surface area contributed by atoms with E-state index < -0.39 is 5.82 Å². The van der Waals surface area contributed by atoms with Gasteiger partial charge in [-0.25, -0.2) is 9.37 Å². The van der Waals surface area contributed by atoms with Crippen LogP contribution < -0.4 is 5.73 Å². The molecule has 0 aliphatic carbocycles. The highest BCUT2D eigenvalue weighted by Gasteiger charge is 2.16. The number of rotatable bonds is 1. The van der Waals surface area contributed by atoms with Crippen LogP contribution in [0, 0.1) is 5.82 Å². The molecular weight excluding hydrogens is 333 g/mol. The van der Waals surface area contributed by atoms with Crippen LogP contribution in [-0.4, -0.2) is 9.38 Å². The second-order valence-corrected chi connectivity index (χ2v) is 5.31. The van der Waals surface area contributed by atoms with Crippen LogP contribution in [0.4, 0.5) is 10.2 Å². The average molecular weight is 341 g/mol. The van der Waals surface area contributed by atoms with Gasteiger partial charge in [-0.3, -0.25) is 4.40 Å². The molecule has 0 aliphatic heterocycles. The number of nitrogens with two attached hydrogens (primary N) is 1. The van der Waals surface area contributed by atoms with Gasteiger partial charge < -0.3 is 5.73 Å². The van der Waals surface area contributed by atoms with E-state index in [0.717, 1.165) is 4.47 Å². The van der Waals surface area contributed by atoms with Crippen molar-refractivity contribution < 1.29 is 4.39 Å². The number of halogens is 3. The molecule has 1 aromatic carbocycles. The van der Waals surface area contributed by atoms with Crippen molar-refractivity contribution in [2.24, 2.45) is 0 Å². The smallest absolute Gasteiger partial charge is 0.153 e. The molecule has 6 heteroatoms. The molecule has 0 aliphatic rings. The number of nitrogens with zero attached hydrogens (tertiary/aromatic N) is 2. The van der Waals surface area contributed by atoms with Gasteiger partial charge in [-0.2, -0.15) is 0 Å². The van der Waals surface area contributed by atoms with Crippen molar-refractivity contribution in [2.75, 3.05) is 5.73 Å². The summed E-state index contributed by atoms with van der Waals surface area (Å²) in [6.45, 7) is 0. The monoisotopic (exact) mass is 339 g/mol. The molecule has 0 fully saturated rings. The number of fused-ring (bicyclic) bond motifs is 1. The summed E-state index contributed by atoms with van der Waals surface area (Å²) < 4.78 is 16.4. The summed E-state index contributed by atoms with van der Waals surface area (Å²) in [6, 6.07) is 8.11. The Hall–Kier alpha value is -1.59. The van der Waals surface area contributed by atoms with Crippen LogP contribution in [0.1, 0.15) is 0 Å². The molecule has 0 spiro atoms. The van der Waals surface area contributed by atoms with Gasteiger partial charge in [0.1, 0.15) is 17.3 Å². The summed E-state index contributed by atoms with van der Waals surface area (Å²) in [4.78, 5) is 4.38. The van der Waals surface area contributed by atoms with Gasteiger partial charge in [-0.05, 0) is 46.3 Å². The molecule has 0 amide bonds. The zero-order valence-corrected chi connectivity index (χ0v) is 11.9. The first kappa shape index (κ1) is 12.4. The molecule has 19 heavy (non-hydrogen) atoms. The third-order valence-corrected chi connectivity index (χ3v) is 3.68. The topological polar surface area (TPSA) is 43.3 Å². The minimum absolute atomic E-state index is 0.331. The molecular formula is C13H8BrClFN3. The Bertz CT molecular complexity index is 785. The number of pyridine rings is 1. The van der Waals surface area contributed by atoms with Crippen LogP contribution in [0.25, 0.3) is 16.9 Å². The molecule has 2 heterocycles. The first-order chi connectivity index (χ1) is 9.08.